The van der Waals surface area contributed by atoms with E-state index in [0.29, 0.717) is 5.82 Å². The Hall–Kier alpha value is -1.66. The smallest absolute Gasteiger partial charge is 0.145 e. The van der Waals surface area contributed by atoms with Gasteiger partial charge in [0.2, 0.25) is 0 Å². The number of aromatic nitrogens is 3. The van der Waals surface area contributed by atoms with Crippen molar-refractivity contribution in [2.75, 3.05) is 19.5 Å². The first-order chi connectivity index (χ1) is 10.7. The quantitative estimate of drug-likeness (QED) is 0.887. The Bertz CT molecular complexity index is 536. The zero-order valence-electron chi connectivity index (χ0n) is 14.6. The van der Waals surface area contributed by atoms with Gasteiger partial charge in [-0.15, -0.1) is 0 Å². The van der Waals surface area contributed by atoms with Gasteiger partial charge in [-0.3, -0.25) is 0 Å². The van der Waals surface area contributed by atoms with Gasteiger partial charge in [0.1, 0.15) is 17.8 Å². The lowest BCUT2D eigenvalue weighted by atomic mass is 10.2. The number of nitrogen functional groups attached to an aromatic ring is 1. The molecule has 1 unspecified atom stereocenters. The summed E-state index contributed by atoms with van der Waals surface area (Å²) in [5.74, 6) is 0.502. The number of hydrogen-bond acceptors (Lipinski definition) is 5. The normalized spacial score (nSPS) is 11.2. The van der Waals surface area contributed by atoms with Crippen LogP contribution in [0.2, 0.25) is 0 Å². The number of aliphatic hydroxyl groups is 1. The van der Waals surface area contributed by atoms with Crippen LogP contribution in [-0.4, -0.2) is 39.5 Å². The van der Waals surface area contributed by atoms with Crippen LogP contribution < -0.4 is 5.73 Å². The third kappa shape index (κ3) is 4.96. The van der Waals surface area contributed by atoms with E-state index >= 15 is 0 Å². The van der Waals surface area contributed by atoms with Crippen LogP contribution in [0.4, 0.5) is 5.82 Å². The van der Waals surface area contributed by atoms with Gasteiger partial charge in [-0.05, 0) is 18.9 Å². The average Bonchev–Trinajstić information content (AvgIpc) is 2.90. The van der Waals surface area contributed by atoms with Crippen molar-refractivity contribution in [3.8, 4) is 0 Å². The van der Waals surface area contributed by atoms with Crippen molar-refractivity contribution < 1.29 is 9.84 Å². The van der Waals surface area contributed by atoms with E-state index in [4.69, 9.17) is 15.6 Å². The minimum atomic E-state index is -0.151. The molecule has 2 heterocycles. The molecule has 0 aromatic carbocycles. The highest BCUT2D eigenvalue weighted by atomic mass is 16.5. The summed E-state index contributed by atoms with van der Waals surface area (Å²) >= 11 is 0. The van der Waals surface area contributed by atoms with Crippen LogP contribution in [0.3, 0.4) is 0 Å². The maximum Gasteiger partial charge on any atom is 0.145 e. The number of nitrogens with zero attached hydrogens (tertiary/aromatic N) is 3. The highest BCUT2D eigenvalue weighted by Gasteiger charge is 2.12. The number of anilines is 1. The first-order valence-electron chi connectivity index (χ1n) is 7.87. The Kier molecular flexibility index (Phi) is 10.2. The predicted molar refractivity (Wildman–Crippen MR) is 91.9 cm³/mol. The van der Waals surface area contributed by atoms with Crippen LogP contribution in [0.5, 0.6) is 0 Å². The molecule has 0 spiro atoms. The van der Waals surface area contributed by atoms with Crippen molar-refractivity contribution in [2.45, 2.75) is 53.7 Å². The maximum atomic E-state index is 9.09. The first kappa shape index (κ1) is 20.3. The van der Waals surface area contributed by atoms with Crippen LogP contribution in [0, 0.1) is 6.92 Å². The van der Waals surface area contributed by atoms with Gasteiger partial charge in [0.15, 0.2) is 0 Å². The van der Waals surface area contributed by atoms with E-state index < -0.39 is 0 Å². The molecule has 0 aliphatic heterocycles. The van der Waals surface area contributed by atoms with Gasteiger partial charge in [-0.25, -0.2) is 9.97 Å². The molecule has 0 aliphatic rings. The molecule has 2 rings (SSSR count). The Morgan fingerprint density at radius 1 is 1.27 bits per heavy atom. The summed E-state index contributed by atoms with van der Waals surface area (Å²) in [6.45, 7) is 10.7. The lowest BCUT2D eigenvalue weighted by Gasteiger charge is -2.12. The molecule has 0 aliphatic carbocycles. The van der Waals surface area contributed by atoms with Crippen molar-refractivity contribution in [3.63, 3.8) is 0 Å². The molecule has 2 aromatic rings. The van der Waals surface area contributed by atoms with Gasteiger partial charge in [-0.1, -0.05) is 27.7 Å². The highest BCUT2D eigenvalue weighted by Crippen LogP contribution is 2.23. The second-order valence-corrected chi connectivity index (χ2v) is 4.29. The summed E-state index contributed by atoms with van der Waals surface area (Å²) in [6, 6.07) is 0. The number of methoxy groups -OCH3 is 1. The zero-order chi connectivity index (χ0) is 17.1. The molecular weight excluding hydrogens is 280 g/mol. The number of ether oxygens (including phenoxy) is 1. The standard InChI is InChI=1S/C12H18N4O2.2C2H6/c1-8-5-16(4-3-9(6-17)18-2)12-10(8)11(13)14-7-15-12;2*1-2/h5,7,9,17H,3-4,6H2,1-2H3,(H2,13,14,15);2*1-2H3. The molecule has 0 bridgehead atoms. The lowest BCUT2D eigenvalue weighted by Crippen LogP contribution is -2.18. The molecule has 0 radical (unpaired) electrons. The lowest BCUT2D eigenvalue weighted by molar-refractivity contribution is 0.0405. The van der Waals surface area contributed by atoms with Crippen LogP contribution >= 0.6 is 0 Å². The van der Waals surface area contributed by atoms with E-state index in [1.807, 2.05) is 45.4 Å². The van der Waals surface area contributed by atoms with Gasteiger partial charge in [0.05, 0.1) is 18.1 Å². The minimum absolute atomic E-state index is 0.0196. The molecule has 6 nitrogen and oxygen atoms in total. The van der Waals surface area contributed by atoms with Gasteiger partial charge < -0.3 is 20.1 Å². The number of hydrogen-bond donors (Lipinski definition) is 2. The van der Waals surface area contributed by atoms with Crippen LogP contribution in [-0.2, 0) is 11.3 Å². The predicted octanol–water partition coefficient (Wildman–Crippen LogP) is 2.77. The Balaban J connectivity index is 0.00000102. The Labute approximate surface area is 133 Å². The van der Waals surface area contributed by atoms with E-state index in [-0.39, 0.29) is 12.7 Å². The summed E-state index contributed by atoms with van der Waals surface area (Å²) in [5.41, 5.74) is 7.73. The Morgan fingerprint density at radius 3 is 2.45 bits per heavy atom. The van der Waals surface area contributed by atoms with Crippen molar-refractivity contribution in [3.05, 3.63) is 18.1 Å². The molecule has 0 amide bonds. The van der Waals surface area contributed by atoms with Gasteiger partial charge in [-0.2, -0.15) is 0 Å². The monoisotopic (exact) mass is 310 g/mol. The van der Waals surface area contributed by atoms with Gasteiger partial charge >= 0.3 is 0 Å². The third-order valence-electron chi connectivity index (χ3n) is 3.10. The maximum absolute atomic E-state index is 9.09. The number of rotatable bonds is 5. The zero-order valence-corrected chi connectivity index (χ0v) is 14.6. The van der Waals surface area contributed by atoms with Crippen molar-refractivity contribution in [2.24, 2.45) is 0 Å². The largest absolute Gasteiger partial charge is 0.394 e. The third-order valence-corrected chi connectivity index (χ3v) is 3.10. The van der Waals surface area contributed by atoms with Crippen LogP contribution in [0.1, 0.15) is 39.7 Å². The number of aliphatic hydroxyl groups excluding tert-OH is 1. The molecular formula is C16H30N4O2. The van der Waals surface area contributed by atoms with Crippen LogP contribution in [0.15, 0.2) is 12.5 Å². The highest BCUT2D eigenvalue weighted by molar-refractivity contribution is 5.89. The summed E-state index contributed by atoms with van der Waals surface area (Å²) in [6.07, 6.45) is 4.04. The van der Waals surface area contributed by atoms with Gasteiger partial charge in [0, 0.05) is 19.9 Å². The van der Waals surface area contributed by atoms with E-state index in [0.717, 1.165) is 29.6 Å². The Morgan fingerprint density at radius 2 is 1.91 bits per heavy atom. The molecule has 0 fully saturated rings. The molecule has 126 valence electrons. The van der Waals surface area contributed by atoms with E-state index in [1.165, 1.54) is 6.33 Å². The molecule has 3 N–H and O–H groups in total. The van der Waals surface area contributed by atoms with Crippen molar-refractivity contribution >= 4 is 16.9 Å². The van der Waals surface area contributed by atoms with Crippen molar-refractivity contribution in [1.82, 2.24) is 14.5 Å². The summed E-state index contributed by atoms with van der Waals surface area (Å²) in [7, 11) is 1.60. The summed E-state index contributed by atoms with van der Waals surface area (Å²) in [5, 5.41) is 9.99. The number of nitrogens with two attached hydrogens (primary N) is 1. The van der Waals surface area contributed by atoms with Crippen LogP contribution in [0.25, 0.3) is 11.0 Å². The van der Waals surface area contributed by atoms with E-state index in [1.54, 1.807) is 7.11 Å². The average molecular weight is 310 g/mol. The van der Waals surface area contributed by atoms with Gasteiger partial charge in [0.25, 0.3) is 0 Å². The fourth-order valence-electron chi connectivity index (χ4n) is 2.08. The topological polar surface area (TPSA) is 86.2 Å². The van der Waals surface area contributed by atoms with E-state index in [2.05, 4.69) is 9.97 Å². The SMILES string of the molecule is CC.CC.COC(CO)CCn1cc(C)c2c(N)ncnc21. The molecule has 0 saturated heterocycles. The van der Waals surface area contributed by atoms with Crippen molar-refractivity contribution in [1.29, 1.82) is 0 Å². The number of fused-ring (bicyclic) bond motifs is 1. The summed E-state index contributed by atoms with van der Waals surface area (Å²) in [4.78, 5) is 8.26. The molecule has 22 heavy (non-hydrogen) atoms. The molecule has 2 aromatic heterocycles. The second-order valence-electron chi connectivity index (χ2n) is 4.29. The number of aryl methyl sites for hydroxylation is 2. The molecule has 6 heteroatoms. The fourth-order valence-corrected chi connectivity index (χ4v) is 2.08. The second kappa shape index (κ2) is 11.0. The summed E-state index contributed by atoms with van der Waals surface area (Å²) < 4.78 is 7.16. The van der Waals surface area contributed by atoms with E-state index in [9.17, 15) is 0 Å². The molecule has 1 atom stereocenters. The first-order valence-corrected chi connectivity index (χ1v) is 7.87. The fraction of sp³-hybridized carbons (Fsp3) is 0.625. The minimum Gasteiger partial charge on any atom is -0.394 e. The molecule has 0 saturated carbocycles.